The number of nitro groups is 1. The Morgan fingerprint density at radius 3 is 2.27 bits per heavy atom. The first-order valence-electron chi connectivity index (χ1n) is 13.3. The van der Waals surface area contributed by atoms with E-state index in [4.69, 9.17) is 0 Å². The lowest BCUT2D eigenvalue weighted by molar-refractivity contribution is -0.543. The molecule has 0 saturated heterocycles. The maximum atomic E-state index is 11.8. The third-order valence-corrected chi connectivity index (χ3v) is 11.1. The first-order valence-corrected chi connectivity index (χ1v) is 13.3. The molecular weight excluding hydrogens is 370 g/mol. The molecule has 4 rings (SSSR count). The molecule has 3 heteroatoms. The molecule has 0 aliphatic heterocycles. The number of fused-ring (bicyclic) bond motifs is 5. The standard InChI is InChI=1S/C27H47NO2/c1-18(2)8-6-9-19(3)21-13-14-22-20-11-12-24-25(28(29)30)10-7-16-26(24,4)23(20)15-17-27(21,22)5/h18-25H,6-17H2,1-5H3/t19-,20+,21+,22-,23-,24+,25-,26-,27+/m1/s1. The van der Waals surface area contributed by atoms with E-state index >= 15 is 0 Å². The zero-order valence-electron chi connectivity index (χ0n) is 20.4. The quantitative estimate of drug-likeness (QED) is 0.327. The molecule has 0 unspecified atom stereocenters. The van der Waals surface area contributed by atoms with Crippen molar-refractivity contribution in [1.82, 2.24) is 0 Å². The summed E-state index contributed by atoms with van der Waals surface area (Å²) in [4.78, 5) is 11.9. The molecule has 0 bridgehead atoms. The molecule has 0 spiro atoms. The molecule has 0 radical (unpaired) electrons. The zero-order valence-corrected chi connectivity index (χ0v) is 20.4. The molecule has 0 N–H and O–H groups in total. The van der Waals surface area contributed by atoms with Crippen molar-refractivity contribution in [3.05, 3.63) is 10.1 Å². The van der Waals surface area contributed by atoms with Crippen LogP contribution in [-0.4, -0.2) is 11.0 Å². The van der Waals surface area contributed by atoms with Crippen molar-refractivity contribution in [1.29, 1.82) is 0 Å². The number of hydrogen-bond acceptors (Lipinski definition) is 2. The molecule has 0 heterocycles. The van der Waals surface area contributed by atoms with Gasteiger partial charge in [-0.2, -0.15) is 0 Å². The largest absolute Gasteiger partial charge is 0.264 e. The minimum atomic E-state index is -0.268. The Morgan fingerprint density at radius 2 is 1.57 bits per heavy atom. The van der Waals surface area contributed by atoms with E-state index in [0.29, 0.717) is 11.3 Å². The third kappa shape index (κ3) is 3.64. The number of nitrogens with zero attached hydrogens (tertiary/aromatic N) is 1. The molecule has 4 aliphatic carbocycles. The van der Waals surface area contributed by atoms with Gasteiger partial charge in [0.05, 0.1) is 0 Å². The van der Waals surface area contributed by atoms with Crippen molar-refractivity contribution in [3.8, 4) is 0 Å². The minimum Gasteiger partial charge on any atom is -0.264 e. The monoisotopic (exact) mass is 417 g/mol. The van der Waals surface area contributed by atoms with Crippen molar-refractivity contribution in [2.45, 2.75) is 118 Å². The molecule has 0 amide bonds. The summed E-state index contributed by atoms with van der Waals surface area (Å²) in [6.07, 6.45) is 15.3. The lowest BCUT2D eigenvalue weighted by Gasteiger charge is -2.60. The molecule has 30 heavy (non-hydrogen) atoms. The topological polar surface area (TPSA) is 43.1 Å². The van der Waals surface area contributed by atoms with Crippen LogP contribution in [0.15, 0.2) is 0 Å². The van der Waals surface area contributed by atoms with Crippen molar-refractivity contribution < 1.29 is 4.92 Å². The molecule has 0 aromatic carbocycles. The summed E-state index contributed by atoms with van der Waals surface area (Å²) in [6, 6.07) is -0.268. The van der Waals surface area contributed by atoms with Crippen LogP contribution < -0.4 is 0 Å². The molecule has 0 aromatic heterocycles. The van der Waals surface area contributed by atoms with E-state index in [2.05, 4.69) is 34.6 Å². The summed E-state index contributed by atoms with van der Waals surface area (Å²) < 4.78 is 0. The Morgan fingerprint density at radius 1 is 0.867 bits per heavy atom. The fourth-order valence-electron chi connectivity index (χ4n) is 9.66. The second-order valence-electron chi connectivity index (χ2n) is 12.8. The maximum Gasteiger partial charge on any atom is 0.216 e. The van der Waals surface area contributed by atoms with Crippen molar-refractivity contribution >= 4 is 0 Å². The number of rotatable bonds is 6. The highest BCUT2D eigenvalue weighted by molar-refractivity contribution is 5.10. The van der Waals surface area contributed by atoms with Gasteiger partial charge in [-0.15, -0.1) is 0 Å². The molecule has 4 fully saturated rings. The van der Waals surface area contributed by atoms with Gasteiger partial charge in [0.15, 0.2) is 0 Å². The van der Waals surface area contributed by atoms with Crippen LogP contribution in [0.1, 0.15) is 112 Å². The summed E-state index contributed by atoms with van der Waals surface area (Å²) in [7, 11) is 0. The van der Waals surface area contributed by atoms with E-state index in [1.165, 1.54) is 57.8 Å². The average molecular weight is 418 g/mol. The fourth-order valence-corrected chi connectivity index (χ4v) is 9.66. The third-order valence-electron chi connectivity index (χ3n) is 11.1. The van der Waals surface area contributed by atoms with E-state index in [1.54, 1.807) is 0 Å². The van der Waals surface area contributed by atoms with Gasteiger partial charge in [-0.3, -0.25) is 10.1 Å². The molecule has 0 aromatic rings. The Labute approximate surface area is 185 Å². The van der Waals surface area contributed by atoms with Gasteiger partial charge in [0.2, 0.25) is 6.04 Å². The smallest absolute Gasteiger partial charge is 0.216 e. The highest BCUT2D eigenvalue weighted by atomic mass is 16.6. The summed E-state index contributed by atoms with van der Waals surface area (Å²) >= 11 is 0. The molecule has 4 aliphatic rings. The Hall–Kier alpha value is -0.600. The van der Waals surface area contributed by atoms with Gasteiger partial charge in [-0.05, 0) is 97.7 Å². The van der Waals surface area contributed by atoms with E-state index in [0.717, 1.165) is 54.8 Å². The molecule has 3 nitrogen and oxygen atoms in total. The van der Waals surface area contributed by atoms with Gasteiger partial charge < -0.3 is 0 Å². The van der Waals surface area contributed by atoms with Crippen LogP contribution in [0.4, 0.5) is 0 Å². The van der Waals surface area contributed by atoms with E-state index in [-0.39, 0.29) is 16.4 Å². The van der Waals surface area contributed by atoms with Crippen LogP contribution in [0, 0.1) is 62.4 Å². The molecular formula is C27H47NO2. The van der Waals surface area contributed by atoms with Crippen LogP contribution in [0.3, 0.4) is 0 Å². The van der Waals surface area contributed by atoms with Crippen molar-refractivity contribution in [2.75, 3.05) is 0 Å². The van der Waals surface area contributed by atoms with Gasteiger partial charge in [-0.1, -0.05) is 53.9 Å². The van der Waals surface area contributed by atoms with Crippen LogP contribution in [0.25, 0.3) is 0 Å². The SMILES string of the molecule is CC(C)CCC[C@@H](C)[C@@H]1CC[C@@H]2[C@@H]3CC[C@H]4[C@H]([N+](=O)[O-])CCC[C@]4(C)[C@@H]3CC[C@]21C. The van der Waals surface area contributed by atoms with Gasteiger partial charge in [0.1, 0.15) is 0 Å². The fraction of sp³-hybridized carbons (Fsp3) is 1.00. The van der Waals surface area contributed by atoms with Crippen LogP contribution in [-0.2, 0) is 0 Å². The zero-order chi connectivity index (χ0) is 21.7. The normalized spacial score (nSPS) is 46.7. The first-order chi connectivity index (χ1) is 14.2. The van der Waals surface area contributed by atoms with E-state index in [1.807, 2.05) is 0 Å². The predicted octanol–water partition coefficient (Wildman–Crippen LogP) is 7.75. The number of hydrogen-bond donors (Lipinski definition) is 0. The maximum absolute atomic E-state index is 11.8. The Kier molecular flexibility index (Phi) is 6.32. The lowest BCUT2D eigenvalue weighted by atomic mass is 9.44. The van der Waals surface area contributed by atoms with Crippen LogP contribution in [0.5, 0.6) is 0 Å². The molecule has 9 atom stereocenters. The highest BCUT2D eigenvalue weighted by Crippen LogP contribution is 2.68. The second-order valence-corrected chi connectivity index (χ2v) is 12.8. The van der Waals surface area contributed by atoms with Crippen LogP contribution in [0.2, 0.25) is 0 Å². The molecule has 172 valence electrons. The Balaban J connectivity index is 1.49. The average Bonchev–Trinajstić information content (AvgIpc) is 3.03. The Bertz CT molecular complexity index is 632. The summed E-state index contributed by atoms with van der Waals surface area (Å²) in [5.74, 6) is 5.38. The molecule has 4 saturated carbocycles. The van der Waals surface area contributed by atoms with Gasteiger partial charge in [0, 0.05) is 17.3 Å². The first kappa shape index (κ1) is 22.6. The van der Waals surface area contributed by atoms with Crippen LogP contribution >= 0.6 is 0 Å². The van der Waals surface area contributed by atoms with Gasteiger partial charge >= 0.3 is 0 Å². The van der Waals surface area contributed by atoms with Crippen molar-refractivity contribution in [3.63, 3.8) is 0 Å². The van der Waals surface area contributed by atoms with E-state index in [9.17, 15) is 10.1 Å². The predicted molar refractivity (Wildman–Crippen MR) is 124 cm³/mol. The minimum absolute atomic E-state index is 0.0831. The summed E-state index contributed by atoms with van der Waals surface area (Å²) in [5, 5.41) is 11.8. The lowest BCUT2D eigenvalue weighted by Crippen LogP contribution is -2.56. The van der Waals surface area contributed by atoms with Crippen molar-refractivity contribution in [2.24, 2.45) is 52.3 Å². The summed E-state index contributed by atoms with van der Waals surface area (Å²) in [5.41, 5.74) is 0.750. The van der Waals surface area contributed by atoms with E-state index < -0.39 is 0 Å². The highest BCUT2D eigenvalue weighted by Gasteiger charge is 2.62. The summed E-state index contributed by atoms with van der Waals surface area (Å²) in [6.45, 7) is 12.4. The van der Waals surface area contributed by atoms with Gasteiger partial charge in [-0.25, -0.2) is 0 Å². The van der Waals surface area contributed by atoms with Gasteiger partial charge in [0.25, 0.3) is 0 Å². The second kappa shape index (κ2) is 8.39.